The lowest BCUT2D eigenvalue weighted by Gasteiger charge is -2.19. The van der Waals surface area contributed by atoms with Crippen LogP contribution in [0.25, 0.3) is 0 Å². The van der Waals surface area contributed by atoms with Crippen LogP contribution in [-0.2, 0) is 17.6 Å². The molecule has 1 unspecified atom stereocenters. The number of rotatable bonds is 9. The molecule has 1 heterocycles. The van der Waals surface area contributed by atoms with Crippen LogP contribution in [0, 0.1) is 11.3 Å². The van der Waals surface area contributed by atoms with Gasteiger partial charge in [0.05, 0.1) is 5.69 Å². The molecule has 3 aromatic rings. The van der Waals surface area contributed by atoms with E-state index < -0.39 is 6.04 Å². The molecule has 1 aromatic heterocycles. The number of aromatic amines is 1. The Hall–Kier alpha value is -4.12. The first-order chi connectivity index (χ1) is 15.1. The topological polar surface area (TPSA) is 137 Å². The van der Waals surface area contributed by atoms with Crippen LogP contribution in [0.1, 0.15) is 33.6 Å². The number of carbonyl (C=O) groups is 2. The largest absolute Gasteiger partial charge is 0.381 e. The lowest BCUT2D eigenvalue weighted by atomic mass is 10.0. The molecule has 158 valence electrons. The third-order valence-electron chi connectivity index (χ3n) is 4.82. The number of nitrogens with one attached hydrogen (secondary N) is 3. The molecule has 0 aliphatic carbocycles. The van der Waals surface area contributed by atoms with E-state index in [1.807, 2.05) is 42.5 Å². The second kappa shape index (κ2) is 10.6. The first-order valence-electron chi connectivity index (χ1n) is 9.99. The second-order valence-corrected chi connectivity index (χ2v) is 7.05. The first kappa shape index (κ1) is 21.6. The summed E-state index contributed by atoms with van der Waals surface area (Å²) in [4.78, 5) is 25.4. The van der Waals surface area contributed by atoms with E-state index in [0.717, 1.165) is 5.56 Å². The average molecular weight is 416 g/mol. The van der Waals surface area contributed by atoms with Crippen molar-refractivity contribution in [1.29, 1.82) is 5.26 Å². The van der Waals surface area contributed by atoms with Crippen molar-refractivity contribution in [3.8, 4) is 6.07 Å². The highest BCUT2D eigenvalue weighted by molar-refractivity contribution is 5.97. The standard InChI is InChI=1S/C23H24N6O2/c24-15-18-19(28-29-21(18)25)12-7-13-26-23(31)20(14-16-8-3-1-4-9-16)27-22(30)17-10-5-2-6-11-17/h1-6,8-11,20H,7,12-14H2,(H,26,31)(H,27,30)(H3,25,28,29). The molecule has 0 fully saturated rings. The number of nitriles is 1. The maximum atomic E-state index is 12.8. The molecule has 0 spiro atoms. The fourth-order valence-electron chi connectivity index (χ4n) is 3.19. The van der Waals surface area contributed by atoms with E-state index in [2.05, 4.69) is 20.8 Å². The van der Waals surface area contributed by atoms with Gasteiger partial charge in [0.2, 0.25) is 5.91 Å². The number of amides is 2. The molecule has 31 heavy (non-hydrogen) atoms. The molecule has 5 N–H and O–H groups in total. The van der Waals surface area contributed by atoms with Crippen molar-refractivity contribution in [3.63, 3.8) is 0 Å². The summed E-state index contributed by atoms with van der Waals surface area (Å²) < 4.78 is 0. The molecule has 0 radical (unpaired) electrons. The fourth-order valence-corrected chi connectivity index (χ4v) is 3.19. The third kappa shape index (κ3) is 5.93. The van der Waals surface area contributed by atoms with Crippen LogP contribution in [0.2, 0.25) is 0 Å². The van der Waals surface area contributed by atoms with Gasteiger partial charge in [-0.25, -0.2) is 0 Å². The third-order valence-corrected chi connectivity index (χ3v) is 4.82. The van der Waals surface area contributed by atoms with Crippen LogP contribution in [0.4, 0.5) is 5.82 Å². The van der Waals surface area contributed by atoms with E-state index in [0.29, 0.717) is 42.6 Å². The molecule has 0 saturated carbocycles. The lowest BCUT2D eigenvalue weighted by Crippen LogP contribution is -2.48. The first-order valence-corrected chi connectivity index (χ1v) is 9.99. The van der Waals surface area contributed by atoms with E-state index in [1.54, 1.807) is 24.3 Å². The van der Waals surface area contributed by atoms with E-state index in [1.165, 1.54) is 0 Å². The summed E-state index contributed by atoms with van der Waals surface area (Å²) in [5, 5.41) is 21.4. The van der Waals surface area contributed by atoms with Crippen LogP contribution in [-0.4, -0.2) is 34.6 Å². The predicted octanol–water partition coefficient (Wildman–Crippen LogP) is 1.95. The van der Waals surface area contributed by atoms with Crippen molar-refractivity contribution < 1.29 is 9.59 Å². The number of nitrogens with two attached hydrogens (primary N) is 1. The van der Waals surface area contributed by atoms with E-state index in [-0.39, 0.29) is 17.6 Å². The molecule has 0 saturated heterocycles. The van der Waals surface area contributed by atoms with Gasteiger partial charge in [0.15, 0.2) is 5.82 Å². The highest BCUT2D eigenvalue weighted by Gasteiger charge is 2.21. The summed E-state index contributed by atoms with van der Waals surface area (Å²) in [6.45, 7) is 0.384. The minimum Gasteiger partial charge on any atom is -0.381 e. The predicted molar refractivity (Wildman–Crippen MR) is 117 cm³/mol. The van der Waals surface area contributed by atoms with E-state index in [4.69, 9.17) is 11.0 Å². The Bertz CT molecular complexity index is 1060. The van der Waals surface area contributed by atoms with Gasteiger partial charge in [0, 0.05) is 18.5 Å². The number of carbonyl (C=O) groups excluding carboxylic acids is 2. The highest BCUT2D eigenvalue weighted by Crippen LogP contribution is 2.13. The van der Waals surface area contributed by atoms with Crippen LogP contribution in [0.15, 0.2) is 60.7 Å². The Balaban J connectivity index is 1.60. The summed E-state index contributed by atoms with van der Waals surface area (Å²) in [5.74, 6) is -0.394. The quantitative estimate of drug-likeness (QED) is 0.395. The van der Waals surface area contributed by atoms with Crippen molar-refractivity contribution in [2.24, 2.45) is 0 Å². The summed E-state index contributed by atoms with van der Waals surface area (Å²) >= 11 is 0. The molecule has 2 amide bonds. The van der Waals surface area contributed by atoms with Gasteiger partial charge < -0.3 is 16.4 Å². The van der Waals surface area contributed by atoms with Crippen molar-refractivity contribution in [2.45, 2.75) is 25.3 Å². The molecule has 0 aliphatic rings. The highest BCUT2D eigenvalue weighted by atomic mass is 16.2. The zero-order valence-electron chi connectivity index (χ0n) is 17.0. The molecule has 2 aromatic carbocycles. The normalized spacial score (nSPS) is 11.3. The van der Waals surface area contributed by atoms with Crippen molar-refractivity contribution in [1.82, 2.24) is 20.8 Å². The molecule has 8 heteroatoms. The number of aromatic nitrogens is 2. The summed E-state index contributed by atoms with van der Waals surface area (Å²) in [7, 11) is 0. The maximum Gasteiger partial charge on any atom is 0.251 e. The number of aryl methyl sites for hydroxylation is 1. The molecule has 0 bridgehead atoms. The van der Waals surface area contributed by atoms with Crippen LogP contribution in [0.5, 0.6) is 0 Å². The second-order valence-electron chi connectivity index (χ2n) is 7.05. The van der Waals surface area contributed by atoms with Gasteiger partial charge in [-0.1, -0.05) is 48.5 Å². The summed E-state index contributed by atoms with van der Waals surface area (Å²) in [5.41, 5.74) is 8.06. The van der Waals surface area contributed by atoms with E-state index >= 15 is 0 Å². The maximum absolute atomic E-state index is 12.8. The fraction of sp³-hybridized carbons (Fsp3) is 0.217. The van der Waals surface area contributed by atoms with Crippen LogP contribution < -0.4 is 16.4 Å². The number of hydrogen-bond donors (Lipinski definition) is 4. The smallest absolute Gasteiger partial charge is 0.251 e. The molecular formula is C23H24N6O2. The monoisotopic (exact) mass is 416 g/mol. The molecule has 0 aliphatic heterocycles. The zero-order chi connectivity index (χ0) is 22.1. The van der Waals surface area contributed by atoms with Gasteiger partial charge in [0.1, 0.15) is 17.7 Å². The Morgan fingerprint density at radius 1 is 1.10 bits per heavy atom. The van der Waals surface area contributed by atoms with Gasteiger partial charge in [-0.15, -0.1) is 0 Å². The lowest BCUT2D eigenvalue weighted by molar-refractivity contribution is -0.122. The zero-order valence-corrected chi connectivity index (χ0v) is 17.0. The Morgan fingerprint density at radius 3 is 2.45 bits per heavy atom. The molecule has 1 atom stereocenters. The van der Waals surface area contributed by atoms with Gasteiger partial charge >= 0.3 is 0 Å². The number of benzene rings is 2. The molecular weight excluding hydrogens is 392 g/mol. The number of H-pyrrole nitrogens is 1. The van der Waals surface area contributed by atoms with Gasteiger partial charge in [-0.3, -0.25) is 14.7 Å². The summed E-state index contributed by atoms with van der Waals surface area (Å²) in [6.07, 6.45) is 1.49. The van der Waals surface area contributed by atoms with Crippen molar-refractivity contribution in [3.05, 3.63) is 83.0 Å². The van der Waals surface area contributed by atoms with E-state index in [9.17, 15) is 9.59 Å². The Kier molecular flexibility index (Phi) is 7.38. The van der Waals surface area contributed by atoms with Crippen LogP contribution >= 0.6 is 0 Å². The van der Waals surface area contributed by atoms with Crippen molar-refractivity contribution in [2.75, 3.05) is 12.3 Å². The summed E-state index contributed by atoms with van der Waals surface area (Å²) in [6, 6.07) is 19.6. The SMILES string of the molecule is N#Cc1c(N)n[nH]c1CCCNC(=O)C(Cc1ccccc1)NC(=O)c1ccccc1. The number of nitrogen functional groups attached to an aromatic ring is 1. The van der Waals surface area contributed by atoms with Gasteiger partial charge in [-0.05, 0) is 30.5 Å². The number of nitrogens with zero attached hydrogens (tertiary/aromatic N) is 2. The Morgan fingerprint density at radius 2 is 1.77 bits per heavy atom. The minimum atomic E-state index is -0.715. The van der Waals surface area contributed by atoms with Gasteiger partial charge in [-0.2, -0.15) is 10.4 Å². The van der Waals surface area contributed by atoms with Gasteiger partial charge in [0.25, 0.3) is 5.91 Å². The molecule has 8 nitrogen and oxygen atoms in total. The number of hydrogen-bond acceptors (Lipinski definition) is 5. The van der Waals surface area contributed by atoms with Crippen LogP contribution in [0.3, 0.4) is 0 Å². The Labute approximate surface area is 180 Å². The average Bonchev–Trinajstić information content (AvgIpc) is 3.16. The van der Waals surface area contributed by atoms with Crippen molar-refractivity contribution >= 4 is 17.6 Å². The molecule has 3 rings (SSSR count). The minimum absolute atomic E-state index is 0.174. The number of anilines is 1.